The lowest BCUT2D eigenvalue weighted by molar-refractivity contribution is 0.0699. The van der Waals surface area contributed by atoms with Gasteiger partial charge in [-0.15, -0.1) is 0 Å². The molecule has 0 aliphatic carbocycles. The molecule has 6 heteroatoms. The van der Waals surface area contributed by atoms with E-state index >= 15 is 0 Å². The Labute approximate surface area is 151 Å². The molecule has 1 aromatic heterocycles. The molecule has 1 heterocycles. The van der Waals surface area contributed by atoms with Gasteiger partial charge in [-0.05, 0) is 31.2 Å². The van der Waals surface area contributed by atoms with E-state index < -0.39 is 5.97 Å². The van der Waals surface area contributed by atoms with Crippen LogP contribution in [0.1, 0.15) is 17.3 Å². The van der Waals surface area contributed by atoms with Crippen LogP contribution in [-0.4, -0.2) is 36.9 Å². The first kappa shape index (κ1) is 17.5. The van der Waals surface area contributed by atoms with Crippen molar-refractivity contribution in [2.24, 2.45) is 0 Å². The number of carbonyl (C=O) groups is 1. The Morgan fingerprint density at radius 2 is 1.77 bits per heavy atom. The first-order chi connectivity index (χ1) is 12.6. The highest BCUT2D eigenvalue weighted by atomic mass is 16.5. The third-order valence-corrected chi connectivity index (χ3v) is 4.02. The molecule has 0 bridgehead atoms. The average molecular weight is 353 g/mol. The Morgan fingerprint density at radius 1 is 1.08 bits per heavy atom. The van der Waals surface area contributed by atoms with Crippen LogP contribution in [0, 0.1) is 0 Å². The summed E-state index contributed by atoms with van der Waals surface area (Å²) in [5.74, 6) is 0.555. The molecule has 26 heavy (non-hydrogen) atoms. The fourth-order valence-corrected chi connectivity index (χ4v) is 2.87. The van der Waals surface area contributed by atoms with Crippen molar-refractivity contribution in [1.29, 1.82) is 0 Å². The van der Waals surface area contributed by atoms with Crippen LogP contribution in [0.5, 0.6) is 17.2 Å². The summed E-state index contributed by atoms with van der Waals surface area (Å²) in [6, 6.07) is 12.2. The van der Waals surface area contributed by atoms with Crippen molar-refractivity contribution in [3.05, 3.63) is 48.0 Å². The number of carboxylic acids is 1. The van der Waals surface area contributed by atoms with Gasteiger partial charge in [0.1, 0.15) is 11.3 Å². The molecule has 0 saturated heterocycles. The third kappa shape index (κ3) is 3.01. The molecule has 0 amide bonds. The van der Waals surface area contributed by atoms with E-state index in [4.69, 9.17) is 14.2 Å². The minimum Gasteiger partial charge on any atom is -0.494 e. The van der Waals surface area contributed by atoms with Crippen LogP contribution >= 0.6 is 0 Å². The van der Waals surface area contributed by atoms with Gasteiger partial charge >= 0.3 is 5.97 Å². The molecule has 3 aromatic rings. The number of hydrogen-bond acceptors (Lipinski definition) is 5. The van der Waals surface area contributed by atoms with Gasteiger partial charge in [0.2, 0.25) is 0 Å². The van der Waals surface area contributed by atoms with E-state index in [-0.39, 0.29) is 5.56 Å². The summed E-state index contributed by atoms with van der Waals surface area (Å²) in [5.41, 5.74) is 1.76. The molecule has 3 rings (SSSR count). The maximum atomic E-state index is 11.8. The van der Waals surface area contributed by atoms with Gasteiger partial charge in [0, 0.05) is 10.9 Å². The Bertz CT molecular complexity index is 968. The van der Waals surface area contributed by atoms with Gasteiger partial charge < -0.3 is 19.3 Å². The molecule has 0 atom stereocenters. The largest absolute Gasteiger partial charge is 0.494 e. The number of hydrogen-bond donors (Lipinski definition) is 1. The summed E-state index contributed by atoms with van der Waals surface area (Å²) in [4.78, 5) is 16.5. The monoisotopic (exact) mass is 353 g/mol. The first-order valence-corrected chi connectivity index (χ1v) is 8.11. The fourth-order valence-electron chi connectivity index (χ4n) is 2.87. The zero-order valence-electron chi connectivity index (χ0n) is 14.8. The Kier molecular flexibility index (Phi) is 4.93. The molecule has 0 fully saturated rings. The predicted molar refractivity (Wildman–Crippen MR) is 98.4 cm³/mol. The Morgan fingerprint density at radius 3 is 2.42 bits per heavy atom. The predicted octanol–water partition coefficient (Wildman–Crippen LogP) is 4.02. The van der Waals surface area contributed by atoms with E-state index in [9.17, 15) is 9.90 Å². The second-order valence-electron chi connectivity index (χ2n) is 5.49. The van der Waals surface area contributed by atoms with Gasteiger partial charge in [0.05, 0.1) is 32.1 Å². The van der Waals surface area contributed by atoms with Crippen molar-refractivity contribution in [1.82, 2.24) is 4.98 Å². The lowest BCUT2D eigenvalue weighted by atomic mass is 10.0. The standard InChI is InChI=1S/C20H19NO5/c1-4-26-19-13(8-6-10-17(19)25-3)15-11-14(20(22)23)12-7-5-9-16(24-2)18(12)21-15/h5-11H,4H2,1-3H3,(H,22,23). The van der Waals surface area contributed by atoms with Crippen LogP contribution in [0.25, 0.3) is 22.2 Å². The number of aromatic nitrogens is 1. The number of pyridine rings is 1. The van der Waals surface area contributed by atoms with Crippen molar-refractivity contribution in [3.63, 3.8) is 0 Å². The molecular formula is C20H19NO5. The van der Waals surface area contributed by atoms with Crippen molar-refractivity contribution in [2.45, 2.75) is 6.92 Å². The highest BCUT2D eigenvalue weighted by Gasteiger charge is 2.19. The summed E-state index contributed by atoms with van der Waals surface area (Å²) in [7, 11) is 3.09. The van der Waals surface area contributed by atoms with Gasteiger partial charge in [0.25, 0.3) is 0 Å². The normalized spacial score (nSPS) is 10.6. The fraction of sp³-hybridized carbons (Fsp3) is 0.200. The summed E-state index contributed by atoms with van der Waals surface area (Å²) < 4.78 is 16.5. The molecule has 2 aromatic carbocycles. The number of fused-ring (bicyclic) bond motifs is 1. The van der Waals surface area contributed by atoms with Crippen LogP contribution in [0.15, 0.2) is 42.5 Å². The van der Waals surface area contributed by atoms with Crippen molar-refractivity contribution >= 4 is 16.9 Å². The number of nitrogens with zero attached hydrogens (tertiary/aromatic N) is 1. The summed E-state index contributed by atoms with van der Waals surface area (Å²) in [5, 5.41) is 10.2. The summed E-state index contributed by atoms with van der Waals surface area (Å²) >= 11 is 0. The van der Waals surface area contributed by atoms with Gasteiger partial charge in [-0.25, -0.2) is 9.78 Å². The molecule has 0 aliphatic rings. The number of carboxylic acid groups (broad SMARTS) is 1. The molecule has 6 nitrogen and oxygen atoms in total. The zero-order valence-corrected chi connectivity index (χ0v) is 14.8. The second kappa shape index (κ2) is 7.31. The number of methoxy groups -OCH3 is 2. The second-order valence-corrected chi connectivity index (χ2v) is 5.49. The Hall–Kier alpha value is -3.28. The summed E-state index contributed by atoms with van der Waals surface area (Å²) in [6.07, 6.45) is 0. The number of rotatable bonds is 6. The zero-order chi connectivity index (χ0) is 18.7. The first-order valence-electron chi connectivity index (χ1n) is 8.11. The lowest BCUT2D eigenvalue weighted by Crippen LogP contribution is -2.03. The van der Waals surface area contributed by atoms with Crippen LogP contribution in [0.2, 0.25) is 0 Å². The maximum absolute atomic E-state index is 11.8. The Balaban J connectivity index is 2.35. The van der Waals surface area contributed by atoms with Crippen LogP contribution < -0.4 is 14.2 Å². The van der Waals surface area contributed by atoms with Gasteiger partial charge in [0.15, 0.2) is 11.5 Å². The van der Waals surface area contributed by atoms with Crippen LogP contribution in [-0.2, 0) is 0 Å². The van der Waals surface area contributed by atoms with Crippen LogP contribution in [0.3, 0.4) is 0 Å². The molecule has 0 radical (unpaired) electrons. The number of ether oxygens (including phenoxy) is 3. The number of benzene rings is 2. The van der Waals surface area contributed by atoms with Crippen molar-refractivity contribution in [2.75, 3.05) is 20.8 Å². The molecule has 0 spiro atoms. The van der Waals surface area contributed by atoms with E-state index in [1.165, 1.54) is 7.11 Å². The van der Waals surface area contributed by atoms with E-state index in [1.807, 2.05) is 19.1 Å². The van der Waals surface area contributed by atoms with Gasteiger partial charge in [-0.1, -0.05) is 18.2 Å². The smallest absolute Gasteiger partial charge is 0.336 e. The van der Waals surface area contributed by atoms with Crippen LogP contribution in [0.4, 0.5) is 0 Å². The molecule has 0 unspecified atom stereocenters. The summed E-state index contributed by atoms with van der Waals surface area (Å²) in [6.45, 7) is 2.31. The highest BCUT2D eigenvalue weighted by Crippen LogP contribution is 2.39. The lowest BCUT2D eigenvalue weighted by Gasteiger charge is -2.15. The molecule has 0 aliphatic heterocycles. The van der Waals surface area contributed by atoms with Gasteiger partial charge in [-0.2, -0.15) is 0 Å². The maximum Gasteiger partial charge on any atom is 0.336 e. The molecular weight excluding hydrogens is 334 g/mol. The quantitative estimate of drug-likeness (QED) is 0.721. The average Bonchev–Trinajstić information content (AvgIpc) is 2.66. The van der Waals surface area contributed by atoms with E-state index in [1.54, 1.807) is 37.4 Å². The van der Waals surface area contributed by atoms with E-state index in [0.717, 1.165) is 0 Å². The molecule has 1 N–H and O–H groups in total. The topological polar surface area (TPSA) is 77.9 Å². The number of para-hydroxylation sites is 2. The molecule has 134 valence electrons. The number of aromatic carboxylic acids is 1. The highest BCUT2D eigenvalue weighted by molar-refractivity contribution is 6.05. The van der Waals surface area contributed by atoms with Gasteiger partial charge in [-0.3, -0.25) is 0 Å². The third-order valence-electron chi connectivity index (χ3n) is 4.02. The minimum atomic E-state index is -1.03. The van der Waals surface area contributed by atoms with Crippen molar-refractivity contribution < 1.29 is 24.1 Å². The minimum absolute atomic E-state index is 0.147. The van der Waals surface area contributed by atoms with E-state index in [2.05, 4.69) is 4.98 Å². The van der Waals surface area contributed by atoms with E-state index in [0.29, 0.717) is 46.0 Å². The SMILES string of the molecule is CCOc1c(OC)cccc1-c1cc(C(=O)O)c2cccc(OC)c2n1. The van der Waals surface area contributed by atoms with Crippen molar-refractivity contribution in [3.8, 4) is 28.5 Å². The molecule has 0 saturated carbocycles.